The molecule has 2 aromatic rings. The second-order valence-corrected chi connectivity index (χ2v) is 5.79. The number of nitrogens with two attached hydrogens (primary N) is 3. The largest absolute Gasteiger partial charge is 0.383 e. The maximum absolute atomic E-state index is 12.1. The zero-order valence-corrected chi connectivity index (χ0v) is 16.7. The van der Waals surface area contributed by atoms with Crippen LogP contribution >= 0.6 is 0 Å². The topological polar surface area (TPSA) is 132 Å². The molecule has 1 heterocycles. The first kappa shape index (κ1) is 24.2. The van der Waals surface area contributed by atoms with Gasteiger partial charge in [0, 0.05) is 24.4 Å². The first-order chi connectivity index (χ1) is 14.2. The minimum absolute atomic E-state index is 0.325. The average molecular weight is 414 g/mol. The fraction of sp³-hybridized carbons (Fsp3) is 0.0952. The number of pyridine rings is 1. The molecule has 2 rings (SSSR count). The average Bonchev–Trinajstić information content (AvgIpc) is 2.74. The van der Waals surface area contributed by atoms with E-state index in [1.807, 2.05) is 6.07 Å². The van der Waals surface area contributed by atoms with Gasteiger partial charge in [-0.25, -0.2) is 19.6 Å². The number of aliphatic imine (C=N–C) groups is 1. The summed E-state index contributed by atoms with van der Waals surface area (Å²) >= 11 is 0. The second-order valence-electron chi connectivity index (χ2n) is 5.79. The Morgan fingerprint density at radius 1 is 1.23 bits per heavy atom. The van der Waals surface area contributed by atoms with Gasteiger partial charge in [0.25, 0.3) is 0 Å². The first-order valence-electron chi connectivity index (χ1n) is 8.65. The van der Waals surface area contributed by atoms with E-state index in [0.717, 1.165) is 24.1 Å². The second kappa shape index (κ2) is 11.9. The highest BCUT2D eigenvalue weighted by molar-refractivity contribution is 6.03. The zero-order valence-electron chi connectivity index (χ0n) is 16.7. The predicted octanol–water partition coefficient (Wildman–Crippen LogP) is 3.17. The van der Waals surface area contributed by atoms with Gasteiger partial charge >= 0.3 is 0 Å². The molecule has 1 aromatic heterocycles. The van der Waals surface area contributed by atoms with Gasteiger partial charge in [-0.05, 0) is 36.8 Å². The number of carbonyl (C=O) groups is 1. The fourth-order valence-electron chi connectivity index (χ4n) is 2.18. The lowest BCUT2D eigenvalue weighted by Crippen LogP contribution is -2.31. The number of hydrazine groups is 1. The maximum Gasteiger partial charge on any atom is 0.248 e. The summed E-state index contributed by atoms with van der Waals surface area (Å²) in [6.07, 6.45) is 5.37. The SMILES string of the molecule is C=C/C=C\C(F)=C(/C)F.CN=C(NN)c1cc(-c2ccc(C(N)=O)cc2)cnc1N. The Balaban J connectivity index is 0.000000424. The van der Waals surface area contributed by atoms with Crippen molar-refractivity contribution >= 4 is 17.6 Å². The Kier molecular flexibility index (Phi) is 9.57. The molecule has 158 valence electrons. The van der Waals surface area contributed by atoms with Gasteiger partial charge in [-0.15, -0.1) is 0 Å². The number of nitrogens with zero attached hydrogens (tertiary/aromatic N) is 2. The molecule has 0 saturated carbocycles. The van der Waals surface area contributed by atoms with Crippen LogP contribution < -0.4 is 22.7 Å². The first-order valence-corrected chi connectivity index (χ1v) is 8.65. The van der Waals surface area contributed by atoms with Gasteiger partial charge < -0.3 is 16.9 Å². The van der Waals surface area contributed by atoms with Crippen LogP contribution in [-0.4, -0.2) is 23.8 Å². The van der Waals surface area contributed by atoms with Crippen LogP contribution in [0.2, 0.25) is 0 Å². The van der Waals surface area contributed by atoms with Gasteiger partial charge in [0.1, 0.15) is 17.5 Å². The molecule has 30 heavy (non-hydrogen) atoms. The van der Waals surface area contributed by atoms with Crippen molar-refractivity contribution in [1.82, 2.24) is 10.4 Å². The van der Waals surface area contributed by atoms with Crippen LogP contribution in [0.25, 0.3) is 11.1 Å². The number of benzene rings is 1. The summed E-state index contributed by atoms with van der Waals surface area (Å²) in [5.41, 5.74) is 16.3. The summed E-state index contributed by atoms with van der Waals surface area (Å²) in [6.45, 7) is 4.35. The molecular weight excluding hydrogens is 390 g/mol. The van der Waals surface area contributed by atoms with Crippen LogP contribution in [0.1, 0.15) is 22.8 Å². The number of rotatable bonds is 5. The molecule has 0 fully saturated rings. The van der Waals surface area contributed by atoms with E-state index >= 15 is 0 Å². The third kappa shape index (κ3) is 6.95. The molecule has 0 bridgehead atoms. The number of carbonyl (C=O) groups excluding carboxylic acids is 1. The number of allylic oxidation sites excluding steroid dienone is 5. The van der Waals surface area contributed by atoms with Crippen molar-refractivity contribution in [2.45, 2.75) is 6.92 Å². The zero-order chi connectivity index (χ0) is 22.7. The molecule has 0 saturated heterocycles. The normalized spacial score (nSPS) is 12.0. The van der Waals surface area contributed by atoms with Gasteiger partial charge in [-0.3, -0.25) is 9.79 Å². The number of anilines is 1. The number of amidine groups is 1. The molecule has 0 aliphatic heterocycles. The monoisotopic (exact) mass is 414 g/mol. The minimum Gasteiger partial charge on any atom is -0.383 e. The summed E-state index contributed by atoms with van der Waals surface area (Å²) in [6, 6.07) is 8.71. The Morgan fingerprint density at radius 3 is 2.33 bits per heavy atom. The van der Waals surface area contributed by atoms with Crippen LogP contribution in [0, 0.1) is 0 Å². The highest BCUT2D eigenvalue weighted by Crippen LogP contribution is 2.22. The lowest BCUT2D eigenvalue weighted by Gasteiger charge is -2.10. The summed E-state index contributed by atoms with van der Waals surface area (Å²) in [4.78, 5) is 19.2. The summed E-state index contributed by atoms with van der Waals surface area (Å²) < 4.78 is 23.9. The van der Waals surface area contributed by atoms with E-state index in [0.29, 0.717) is 22.8 Å². The number of primary amides is 1. The molecule has 0 radical (unpaired) electrons. The number of nitrogen functional groups attached to an aromatic ring is 1. The molecule has 9 heteroatoms. The van der Waals surface area contributed by atoms with Crippen molar-refractivity contribution in [3.05, 3.63) is 84.1 Å². The number of nitrogens with one attached hydrogen (secondary N) is 1. The van der Waals surface area contributed by atoms with Crippen LogP contribution in [0.4, 0.5) is 14.6 Å². The van der Waals surface area contributed by atoms with Crippen molar-refractivity contribution in [1.29, 1.82) is 0 Å². The molecular formula is C21H24F2N6O. The Labute approximate surface area is 173 Å². The number of halogens is 2. The molecule has 0 aliphatic rings. The molecule has 7 nitrogen and oxygen atoms in total. The predicted molar refractivity (Wildman–Crippen MR) is 117 cm³/mol. The molecule has 7 N–H and O–H groups in total. The van der Waals surface area contributed by atoms with Gasteiger partial charge in [-0.1, -0.05) is 30.9 Å². The van der Waals surface area contributed by atoms with Crippen molar-refractivity contribution in [2.75, 3.05) is 12.8 Å². The molecule has 0 spiro atoms. The Morgan fingerprint density at radius 2 is 1.87 bits per heavy atom. The van der Waals surface area contributed by atoms with Crippen LogP contribution in [0.3, 0.4) is 0 Å². The van der Waals surface area contributed by atoms with Crippen molar-refractivity contribution in [3.63, 3.8) is 0 Å². The van der Waals surface area contributed by atoms with Gasteiger partial charge in [0.05, 0.1) is 5.56 Å². The minimum atomic E-state index is -0.852. The van der Waals surface area contributed by atoms with E-state index in [1.165, 1.54) is 12.2 Å². The number of hydrogen-bond acceptors (Lipinski definition) is 5. The standard InChI is InChI=1S/C14H16N6O.C7H8F2/c1-18-14(20-17)11-6-10(7-19-12(11)15)8-2-4-9(5-3-8)13(16)21;1-3-4-5-7(9)6(2)8/h2-7H,17H2,1H3,(H2,15,19)(H2,16,21)(H,18,20);3-5H,1H2,2H3/b;5-4-,7-6-. The van der Waals surface area contributed by atoms with Crippen molar-refractivity contribution < 1.29 is 13.6 Å². The van der Waals surface area contributed by atoms with Crippen molar-refractivity contribution in [2.24, 2.45) is 16.6 Å². The smallest absolute Gasteiger partial charge is 0.248 e. The van der Waals surface area contributed by atoms with Gasteiger partial charge in [-0.2, -0.15) is 0 Å². The molecule has 0 atom stereocenters. The Bertz CT molecular complexity index is 977. The van der Waals surface area contributed by atoms with Crippen LogP contribution in [-0.2, 0) is 0 Å². The van der Waals surface area contributed by atoms with E-state index in [2.05, 4.69) is 22.0 Å². The third-order valence-corrected chi connectivity index (χ3v) is 3.74. The van der Waals surface area contributed by atoms with Crippen molar-refractivity contribution in [3.8, 4) is 11.1 Å². The van der Waals surface area contributed by atoms with E-state index < -0.39 is 17.6 Å². The highest BCUT2D eigenvalue weighted by Gasteiger charge is 2.10. The van der Waals surface area contributed by atoms with E-state index in [4.69, 9.17) is 17.3 Å². The third-order valence-electron chi connectivity index (χ3n) is 3.74. The molecule has 1 amide bonds. The van der Waals surface area contributed by atoms with E-state index in [9.17, 15) is 13.6 Å². The Hall–Kier alpha value is -3.85. The molecule has 0 unspecified atom stereocenters. The number of amides is 1. The summed E-state index contributed by atoms with van der Waals surface area (Å²) in [7, 11) is 1.60. The molecule has 0 aliphatic carbocycles. The van der Waals surface area contributed by atoms with Gasteiger partial charge in [0.15, 0.2) is 5.83 Å². The lowest BCUT2D eigenvalue weighted by molar-refractivity contribution is 0.100. The fourth-order valence-corrected chi connectivity index (χ4v) is 2.18. The van der Waals surface area contributed by atoms with Crippen LogP contribution in [0.15, 0.2) is 78.0 Å². The number of aromatic nitrogens is 1. The summed E-state index contributed by atoms with van der Waals surface area (Å²) in [5, 5.41) is 0. The van der Waals surface area contributed by atoms with E-state index in [1.54, 1.807) is 37.5 Å². The maximum atomic E-state index is 12.1. The molecule has 1 aromatic carbocycles. The van der Waals surface area contributed by atoms with Crippen LogP contribution in [0.5, 0.6) is 0 Å². The number of hydrogen-bond donors (Lipinski definition) is 4. The summed E-state index contributed by atoms with van der Waals surface area (Å²) in [5.74, 6) is 4.04. The van der Waals surface area contributed by atoms with Gasteiger partial charge in [0.2, 0.25) is 5.91 Å². The van der Waals surface area contributed by atoms with E-state index in [-0.39, 0.29) is 0 Å². The lowest BCUT2D eigenvalue weighted by atomic mass is 10.0. The highest BCUT2D eigenvalue weighted by atomic mass is 19.2. The quantitative estimate of drug-likeness (QED) is 0.196.